The number of aryl methyl sites for hydroxylation is 1. The number of benzene rings is 2. The molecule has 0 bridgehead atoms. The Morgan fingerprint density at radius 3 is 2.67 bits per heavy atom. The van der Waals surface area contributed by atoms with Gasteiger partial charge in [0.2, 0.25) is 5.88 Å². The van der Waals surface area contributed by atoms with Crippen LogP contribution in [0.1, 0.15) is 40.7 Å². The van der Waals surface area contributed by atoms with E-state index in [0.717, 1.165) is 25.0 Å². The maximum atomic E-state index is 14.7. The second-order valence-electron chi connectivity index (χ2n) is 9.17. The monoisotopic (exact) mass is 553 g/mol. The van der Waals surface area contributed by atoms with Crippen molar-refractivity contribution in [3.63, 3.8) is 0 Å². The van der Waals surface area contributed by atoms with E-state index in [0.29, 0.717) is 47.1 Å². The largest absolute Gasteiger partial charge is 0.497 e. The van der Waals surface area contributed by atoms with Gasteiger partial charge in [-0.25, -0.2) is 13.5 Å². The lowest BCUT2D eigenvalue weighted by Gasteiger charge is -2.25. The van der Waals surface area contributed by atoms with Gasteiger partial charge >= 0.3 is 0 Å². The predicted octanol–water partition coefficient (Wildman–Crippen LogP) is 6.40. The summed E-state index contributed by atoms with van der Waals surface area (Å²) in [5.41, 5.74) is 1.99. The molecule has 7 nitrogen and oxygen atoms in total. The zero-order valence-electron chi connectivity index (χ0n) is 21.7. The van der Waals surface area contributed by atoms with Crippen LogP contribution in [0, 0.1) is 11.6 Å². The molecule has 0 radical (unpaired) electrons. The zero-order chi connectivity index (χ0) is 27.4. The molecular formula is C29H29F2N3O4S. The topological polar surface area (TPSA) is 65.8 Å². The summed E-state index contributed by atoms with van der Waals surface area (Å²) in [7, 11) is 1.58. The number of aromatic nitrogens is 2. The average Bonchev–Trinajstić information content (AvgIpc) is 3.72. The molecule has 0 spiro atoms. The maximum Gasteiger partial charge on any atom is 0.264 e. The molecule has 10 heteroatoms. The highest BCUT2D eigenvalue weighted by Gasteiger charge is 2.29. The molecule has 1 unspecified atom stereocenters. The van der Waals surface area contributed by atoms with Crippen LogP contribution < -0.4 is 9.47 Å². The molecule has 0 aliphatic carbocycles. The van der Waals surface area contributed by atoms with Gasteiger partial charge in [0.1, 0.15) is 11.6 Å². The summed E-state index contributed by atoms with van der Waals surface area (Å²) in [6.07, 6.45) is 2.28. The van der Waals surface area contributed by atoms with Gasteiger partial charge < -0.3 is 19.1 Å². The van der Waals surface area contributed by atoms with Gasteiger partial charge in [0.05, 0.1) is 41.6 Å². The Kier molecular flexibility index (Phi) is 8.23. The summed E-state index contributed by atoms with van der Waals surface area (Å²) in [6.45, 7) is 3.20. The van der Waals surface area contributed by atoms with Crippen LogP contribution in [-0.4, -0.2) is 47.0 Å². The molecule has 1 aliphatic heterocycles. The number of carbonyl (C=O) groups is 1. The van der Waals surface area contributed by atoms with Crippen LogP contribution in [0.15, 0.2) is 60.0 Å². The van der Waals surface area contributed by atoms with Crippen molar-refractivity contribution in [2.75, 3.05) is 20.3 Å². The van der Waals surface area contributed by atoms with E-state index in [-0.39, 0.29) is 30.2 Å². The summed E-state index contributed by atoms with van der Waals surface area (Å²) < 4.78 is 47.2. The number of hydrogen-bond donors (Lipinski definition) is 0. The predicted molar refractivity (Wildman–Crippen MR) is 144 cm³/mol. The molecule has 1 atom stereocenters. The van der Waals surface area contributed by atoms with Crippen LogP contribution >= 0.6 is 11.3 Å². The van der Waals surface area contributed by atoms with Crippen LogP contribution in [-0.2, 0) is 17.7 Å². The summed E-state index contributed by atoms with van der Waals surface area (Å²) in [6, 6.07) is 14.0. The third-order valence-corrected chi connectivity index (χ3v) is 7.45. The zero-order valence-corrected chi connectivity index (χ0v) is 22.5. The minimum absolute atomic E-state index is 0.0745. The number of thiophene rings is 1. The van der Waals surface area contributed by atoms with Crippen LogP contribution in [0.3, 0.4) is 0 Å². The molecular weight excluding hydrogens is 524 g/mol. The Bertz CT molecular complexity index is 1420. The number of halogens is 2. The quantitative estimate of drug-likeness (QED) is 0.228. The molecule has 3 heterocycles. The van der Waals surface area contributed by atoms with Crippen molar-refractivity contribution < 1.29 is 27.8 Å². The number of nitrogens with zero attached hydrogens (tertiary/aromatic N) is 3. The fourth-order valence-electron chi connectivity index (χ4n) is 4.59. The second kappa shape index (κ2) is 12.0. The van der Waals surface area contributed by atoms with Gasteiger partial charge in [-0.1, -0.05) is 13.0 Å². The van der Waals surface area contributed by atoms with Gasteiger partial charge in [-0.05, 0) is 67.1 Å². The van der Waals surface area contributed by atoms with E-state index < -0.39 is 11.6 Å². The normalized spacial score (nSPS) is 14.9. The van der Waals surface area contributed by atoms with Crippen LogP contribution in [0.4, 0.5) is 8.78 Å². The van der Waals surface area contributed by atoms with Crippen molar-refractivity contribution in [2.45, 2.75) is 38.8 Å². The van der Waals surface area contributed by atoms with Gasteiger partial charge in [0.15, 0.2) is 11.6 Å². The molecule has 1 fully saturated rings. The number of ether oxygens (including phenoxy) is 3. The van der Waals surface area contributed by atoms with E-state index >= 15 is 0 Å². The van der Waals surface area contributed by atoms with Crippen LogP contribution in [0.5, 0.6) is 17.4 Å². The Balaban J connectivity index is 1.59. The number of carbonyl (C=O) groups excluding carboxylic acids is 1. The summed E-state index contributed by atoms with van der Waals surface area (Å²) in [4.78, 5) is 16.0. The molecule has 39 heavy (non-hydrogen) atoms. The van der Waals surface area contributed by atoms with Gasteiger partial charge in [0.25, 0.3) is 5.91 Å². The van der Waals surface area contributed by atoms with Crippen molar-refractivity contribution in [3.8, 4) is 23.1 Å². The summed E-state index contributed by atoms with van der Waals surface area (Å²) in [5, 5.41) is 6.66. The minimum Gasteiger partial charge on any atom is -0.497 e. The van der Waals surface area contributed by atoms with Crippen molar-refractivity contribution in [1.29, 1.82) is 0 Å². The molecule has 204 valence electrons. The lowest BCUT2D eigenvalue weighted by Crippen LogP contribution is -2.36. The lowest BCUT2D eigenvalue weighted by atomic mass is 10.1. The molecule has 1 amide bonds. The molecule has 0 N–H and O–H groups in total. The van der Waals surface area contributed by atoms with Gasteiger partial charge in [-0.15, -0.1) is 11.3 Å². The van der Waals surface area contributed by atoms with E-state index in [1.807, 2.05) is 30.5 Å². The third-order valence-electron chi connectivity index (χ3n) is 6.59. The fourth-order valence-corrected chi connectivity index (χ4v) is 5.28. The first-order chi connectivity index (χ1) is 19.0. The van der Waals surface area contributed by atoms with Crippen LogP contribution in [0.25, 0.3) is 5.69 Å². The minimum atomic E-state index is -0.840. The van der Waals surface area contributed by atoms with Crippen molar-refractivity contribution in [2.24, 2.45) is 0 Å². The SMILES string of the molecule is CCc1nn(-c2ccc(OC)cc2)c(Oc2ccc(F)cc2F)c1CN(CC1CCCO1)C(=O)c1cccs1. The van der Waals surface area contributed by atoms with Crippen LogP contribution in [0.2, 0.25) is 0 Å². The number of methoxy groups -OCH3 is 1. The molecule has 5 rings (SSSR count). The van der Waals surface area contributed by atoms with Gasteiger partial charge in [-0.2, -0.15) is 5.10 Å². The number of amides is 1. The molecule has 1 saturated heterocycles. The summed E-state index contributed by atoms with van der Waals surface area (Å²) in [5.74, 6) is -0.907. The highest BCUT2D eigenvalue weighted by molar-refractivity contribution is 7.12. The lowest BCUT2D eigenvalue weighted by molar-refractivity contribution is 0.0509. The molecule has 2 aromatic heterocycles. The number of rotatable bonds is 10. The van der Waals surface area contributed by atoms with Crippen molar-refractivity contribution >= 4 is 17.2 Å². The van der Waals surface area contributed by atoms with E-state index in [4.69, 9.17) is 19.3 Å². The fraction of sp³-hybridized carbons (Fsp3) is 0.310. The highest BCUT2D eigenvalue weighted by Crippen LogP contribution is 2.34. The highest BCUT2D eigenvalue weighted by atomic mass is 32.1. The first-order valence-corrected chi connectivity index (χ1v) is 13.7. The second-order valence-corrected chi connectivity index (χ2v) is 10.1. The number of hydrogen-bond acceptors (Lipinski definition) is 6. The smallest absolute Gasteiger partial charge is 0.264 e. The Hall–Kier alpha value is -3.76. The molecule has 2 aromatic carbocycles. The molecule has 4 aromatic rings. The Morgan fingerprint density at radius 1 is 1.21 bits per heavy atom. The van der Waals surface area contributed by atoms with Gasteiger partial charge in [-0.3, -0.25) is 4.79 Å². The van der Waals surface area contributed by atoms with E-state index in [9.17, 15) is 13.6 Å². The Labute approximate surface area is 229 Å². The first kappa shape index (κ1) is 26.8. The van der Waals surface area contributed by atoms with Crippen molar-refractivity contribution in [3.05, 3.63) is 87.7 Å². The molecule has 1 aliphatic rings. The standard InChI is InChI=1S/C29H29F2N3O4S/c1-3-25-23(18-33(17-22-6-4-14-37-22)28(35)27-7-5-15-39-27)29(38-26-13-8-19(30)16-24(26)31)34(32-25)20-9-11-21(36-2)12-10-20/h5,7-13,15-16,22H,3-4,6,14,17-18H2,1-2H3. The average molecular weight is 554 g/mol. The first-order valence-electron chi connectivity index (χ1n) is 12.8. The Morgan fingerprint density at radius 2 is 2.03 bits per heavy atom. The van der Waals surface area contributed by atoms with E-state index in [2.05, 4.69) is 0 Å². The third kappa shape index (κ3) is 5.97. The van der Waals surface area contributed by atoms with E-state index in [1.54, 1.807) is 34.9 Å². The van der Waals surface area contributed by atoms with Gasteiger partial charge in [0, 0.05) is 19.2 Å². The van der Waals surface area contributed by atoms with Crippen molar-refractivity contribution in [1.82, 2.24) is 14.7 Å². The maximum absolute atomic E-state index is 14.7. The van der Waals surface area contributed by atoms with E-state index in [1.165, 1.54) is 17.4 Å². The molecule has 0 saturated carbocycles. The summed E-state index contributed by atoms with van der Waals surface area (Å²) >= 11 is 1.37.